The molecule has 0 atom stereocenters. The molecule has 0 fully saturated rings. The van der Waals surface area contributed by atoms with Crippen molar-refractivity contribution in [1.82, 2.24) is 5.32 Å². The summed E-state index contributed by atoms with van der Waals surface area (Å²) in [7, 11) is 0. The van der Waals surface area contributed by atoms with Crippen LogP contribution in [0.3, 0.4) is 0 Å². The summed E-state index contributed by atoms with van der Waals surface area (Å²) in [4.78, 5) is 11.6. The average molecular weight is 264 g/mol. The van der Waals surface area contributed by atoms with Crippen molar-refractivity contribution < 1.29 is 9.53 Å². The van der Waals surface area contributed by atoms with E-state index in [9.17, 15) is 4.79 Å². The maximum Gasteiger partial charge on any atom is 0.224 e. The van der Waals surface area contributed by atoms with Crippen molar-refractivity contribution in [2.75, 3.05) is 25.5 Å². The van der Waals surface area contributed by atoms with E-state index in [4.69, 9.17) is 10.5 Å². The van der Waals surface area contributed by atoms with Crippen molar-refractivity contribution in [3.8, 4) is 0 Å². The molecule has 106 valence electrons. The molecule has 4 nitrogen and oxygen atoms in total. The van der Waals surface area contributed by atoms with Gasteiger partial charge in [-0.2, -0.15) is 0 Å². The van der Waals surface area contributed by atoms with E-state index in [2.05, 4.69) is 12.2 Å². The third-order valence-electron chi connectivity index (χ3n) is 2.77. The Labute approximate surface area is 115 Å². The molecule has 4 heteroatoms. The lowest BCUT2D eigenvalue weighted by molar-refractivity contribution is -0.120. The highest BCUT2D eigenvalue weighted by atomic mass is 16.5. The zero-order valence-corrected chi connectivity index (χ0v) is 11.7. The number of hydrogen-bond donors (Lipinski definition) is 2. The average Bonchev–Trinajstić information content (AvgIpc) is 2.40. The Balaban J connectivity index is 2.06. The predicted molar refractivity (Wildman–Crippen MR) is 77.9 cm³/mol. The van der Waals surface area contributed by atoms with Gasteiger partial charge in [-0.15, -0.1) is 0 Å². The zero-order chi connectivity index (χ0) is 13.9. The molecule has 0 radical (unpaired) electrons. The van der Waals surface area contributed by atoms with Crippen LogP contribution in [-0.2, 0) is 16.0 Å². The molecule has 3 N–H and O–H groups in total. The minimum atomic E-state index is 0.0401. The molecule has 0 saturated carbocycles. The molecule has 0 aliphatic carbocycles. The van der Waals surface area contributed by atoms with Gasteiger partial charge in [-0.05, 0) is 30.5 Å². The van der Waals surface area contributed by atoms with E-state index in [1.165, 1.54) is 0 Å². The van der Waals surface area contributed by atoms with E-state index >= 15 is 0 Å². The van der Waals surface area contributed by atoms with Crippen molar-refractivity contribution in [3.63, 3.8) is 0 Å². The first-order valence-electron chi connectivity index (χ1n) is 6.91. The van der Waals surface area contributed by atoms with Crippen molar-refractivity contribution in [3.05, 3.63) is 29.8 Å². The van der Waals surface area contributed by atoms with E-state index < -0.39 is 0 Å². The van der Waals surface area contributed by atoms with Gasteiger partial charge in [0.1, 0.15) is 0 Å². The Bertz CT molecular complexity index is 363. The third kappa shape index (κ3) is 7.47. The van der Waals surface area contributed by atoms with Crippen LogP contribution >= 0.6 is 0 Å². The van der Waals surface area contributed by atoms with Crippen LogP contribution in [0.25, 0.3) is 0 Å². The molecular formula is C15H24N2O2. The molecule has 0 unspecified atom stereocenters. The van der Waals surface area contributed by atoms with Crippen LogP contribution < -0.4 is 11.1 Å². The molecule has 0 aromatic heterocycles. The number of nitrogen functional groups attached to an aromatic ring is 1. The van der Waals surface area contributed by atoms with Crippen LogP contribution in [0, 0.1) is 0 Å². The fourth-order valence-corrected chi connectivity index (χ4v) is 1.63. The molecule has 0 saturated heterocycles. The van der Waals surface area contributed by atoms with Crippen LogP contribution in [-0.4, -0.2) is 25.7 Å². The summed E-state index contributed by atoms with van der Waals surface area (Å²) in [5.74, 6) is 0.0401. The van der Waals surface area contributed by atoms with Crippen molar-refractivity contribution in [1.29, 1.82) is 0 Å². The normalized spacial score (nSPS) is 10.4. The topological polar surface area (TPSA) is 64.3 Å². The highest BCUT2D eigenvalue weighted by Crippen LogP contribution is 2.05. The minimum absolute atomic E-state index is 0.0401. The molecule has 0 aliphatic heterocycles. The SMILES string of the molecule is CCCCOCCCNC(=O)Cc1ccc(N)cc1. The number of carbonyl (C=O) groups excluding carboxylic acids is 1. The molecule has 19 heavy (non-hydrogen) atoms. The Hall–Kier alpha value is -1.55. The van der Waals surface area contributed by atoms with Gasteiger partial charge in [-0.3, -0.25) is 4.79 Å². The fourth-order valence-electron chi connectivity index (χ4n) is 1.63. The summed E-state index contributed by atoms with van der Waals surface area (Å²) in [5.41, 5.74) is 7.28. The number of nitrogens with two attached hydrogens (primary N) is 1. The molecule has 1 aromatic carbocycles. The Morgan fingerprint density at radius 2 is 1.89 bits per heavy atom. The number of benzene rings is 1. The standard InChI is InChI=1S/C15H24N2O2/c1-2-3-10-19-11-4-9-17-15(18)12-13-5-7-14(16)8-6-13/h5-8H,2-4,9-12,16H2,1H3,(H,17,18). The van der Waals surface area contributed by atoms with Gasteiger partial charge in [-0.25, -0.2) is 0 Å². The molecule has 1 aromatic rings. The second-order valence-corrected chi connectivity index (χ2v) is 4.59. The molecule has 0 spiro atoms. The fraction of sp³-hybridized carbons (Fsp3) is 0.533. The summed E-state index contributed by atoms with van der Waals surface area (Å²) in [6.45, 7) is 4.33. The molecular weight excluding hydrogens is 240 g/mol. The quantitative estimate of drug-likeness (QED) is 0.530. The van der Waals surface area contributed by atoms with Crippen LogP contribution in [0.5, 0.6) is 0 Å². The molecule has 0 heterocycles. The lowest BCUT2D eigenvalue weighted by atomic mass is 10.1. The maximum atomic E-state index is 11.6. The summed E-state index contributed by atoms with van der Waals surface area (Å²) in [6.07, 6.45) is 3.51. The molecule has 0 bridgehead atoms. The summed E-state index contributed by atoms with van der Waals surface area (Å²) < 4.78 is 5.42. The minimum Gasteiger partial charge on any atom is -0.399 e. The van der Waals surface area contributed by atoms with Gasteiger partial charge in [-0.1, -0.05) is 25.5 Å². The first-order valence-corrected chi connectivity index (χ1v) is 6.91. The number of anilines is 1. The second-order valence-electron chi connectivity index (χ2n) is 4.59. The maximum absolute atomic E-state index is 11.6. The van der Waals surface area contributed by atoms with Gasteiger partial charge in [0.2, 0.25) is 5.91 Å². The number of hydrogen-bond acceptors (Lipinski definition) is 3. The van der Waals surface area contributed by atoms with Crippen molar-refractivity contribution >= 4 is 11.6 Å². The van der Waals surface area contributed by atoms with Gasteiger partial charge < -0.3 is 15.8 Å². The van der Waals surface area contributed by atoms with E-state index in [-0.39, 0.29) is 5.91 Å². The lowest BCUT2D eigenvalue weighted by Crippen LogP contribution is -2.26. The smallest absolute Gasteiger partial charge is 0.224 e. The van der Waals surface area contributed by atoms with E-state index in [1.807, 2.05) is 24.3 Å². The van der Waals surface area contributed by atoms with Gasteiger partial charge in [0.25, 0.3) is 0 Å². The number of carbonyl (C=O) groups is 1. The zero-order valence-electron chi connectivity index (χ0n) is 11.7. The molecule has 1 rings (SSSR count). The van der Waals surface area contributed by atoms with E-state index in [0.717, 1.165) is 31.4 Å². The lowest BCUT2D eigenvalue weighted by Gasteiger charge is -2.06. The summed E-state index contributed by atoms with van der Waals surface area (Å²) in [5, 5.41) is 2.89. The number of rotatable bonds is 9. The van der Waals surface area contributed by atoms with E-state index in [0.29, 0.717) is 25.3 Å². The number of amides is 1. The number of ether oxygens (including phenoxy) is 1. The first kappa shape index (κ1) is 15.5. The van der Waals surface area contributed by atoms with Crippen LogP contribution in [0.2, 0.25) is 0 Å². The van der Waals surface area contributed by atoms with Crippen LogP contribution in [0.4, 0.5) is 5.69 Å². The number of unbranched alkanes of at least 4 members (excludes halogenated alkanes) is 1. The highest BCUT2D eigenvalue weighted by molar-refractivity contribution is 5.78. The monoisotopic (exact) mass is 264 g/mol. The Kier molecular flexibility index (Phi) is 7.66. The predicted octanol–water partition coefficient (Wildman–Crippen LogP) is 2.13. The van der Waals surface area contributed by atoms with Gasteiger partial charge in [0.05, 0.1) is 6.42 Å². The number of nitrogens with one attached hydrogen (secondary N) is 1. The summed E-state index contributed by atoms with van der Waals surface area (Å²) in [6, 6.07) is 7.37. The molecule has 1 amide bonds. The largest absolute Gasteiger partial charge is 0.399 e. The Morgan fingerprint density at radius 3 is 2.58 bits per heavy atom. The van der Waals surface area contributed by atoms with E-state index in [1.54, 1.807) is 0 Å². The van der Waals surface area contributed by atoms with Crippen molar-refractivity contribution in [2.45, 2.75) is 32.6 Å². The second kappa shape index (κ2) is 9.39. The third-order valence-corrected chi connectivity index (χ3v) is 2.77. The van der Waals surface area contributed by atoms with Crippen LogP contribution in [0.1, 0.15) is 31.7 Å². The van der Waals surface area contributed by atoms with Crippen molar-refractivity contribution in [2.24, 2.45) is 0 Å². The van der Waals surface area contributed by atoms with Gasteiger partial charge in [0, 0.05) is 25.4 Å². The first-order chi connectivity index (χ1) is 9.22. The van der Waals surface area contributed by atoms with Gasteiger partial charge >= 0.3 is 0 Å². The van der Waals surface area contributed by atoms with Gasteiger partial charge in [0.15, 0.2) is 0 Å². The summed E-state index contributed by atoms with van der Waals surface area (Å²) >= 11 is 0. The highest BCUT2D eigenvalue weighted by Gasteiger charge is 2.02. The Morgan fingerprint density at radius 1 is 1.21 bits per heavy atom. The van der Waals surface area contributed by atoms with Crippen LogP contribution in [0.15, 0.2) is 24.3 Å². The molecule has 0 aliphatic rings.